The maximum absolute atomic E-state index is 13.6. The van der Waals surface area contributed by atoms with Gasteiger partial charge in [-0.2, -0.15) is 0 Å². The predicted octanol–water partition coefficient (Wildman–Crippen LogP) is 6.64. The number of carbonyl (C=O) groups is 1. The van der Waals surface area contributed by atoms with Gasteiger partial charge in [0.1, 0.15) is 5.52 Å². The second-order valence-corrected chi connectivity index (χ2v) is 7.18. The maximum atomic E-state index is 13.6. The molecule has 1 amide bonds. The molecule has 0 fully saturated rings. The lowest BCUT2D eigenvalue weighted by atomic mass is 10.1. The Morgan fingerprint density at radius 2 is 1.76 bits per heavy atom. The zero-order chi connectivity index (χ0) is 20.7. The largest absolute Gasteiger partial charge is 0.436 e. The SMILES string of the molecule is Cc1ccc(C(=O)Nc2ccc3oc(-c4cc(F)c(F)cc4Cl)nc3c2)cc1Cl. The molecule has 0 aliphatic carbocycles. The molecule has 146 valence electrons. The van der Waals surface area contributed by atoms with E-state index >= 15 is 0 Å². The summed E-state index contributed by atoms with van der Waals surface area (Å²) in [5.41, 5.74) is 2.71. The van der Waals surface area contributed by atoms with Crippen molar-refractivity contribution in [1.82, 2.24) is 4.98 Å². The number of amides is 1. The molecule has 0 saturated heterocycles. The quantitative estimate of drug-likeness (QED) is 0.369. The van der Waals surface area contributed by atoms with Crippen LogP contribution in [0.3, 0.4) is 0 Å². The van der Waals surface area contributed by atoms with Gasteiger partial charge in [0.15, 0.2) is 17.2 Å². The normalized spacial score (nSPS) is 11.1. The Balaban J connectivity index is 1.64. The number of halogens is 4. The number of nitrogens with zero attached hydrogens (tertiary/aromatic N) is 1. The van der Waals surface area contributed by atoms with Gasteiger partial charge in [0.2, 0.25) is 5.89 Å². The number of hydrogen-bond acceptors (Lipinski definition) is 3. The number of benzene rings is 3. The maximum Gasteiger partial charge on any atom is 0.255 e. The van der Waals surface area contributed by atoms with Crippen LogP contribution in [0.25, 0.3) is 22.6 Å². The van der Waals surface area contributed by atoms with Gasteiger partial charge in [-0.3, -0.25) is 4.79 Å². The molecule has 0 bridgehead atoms. The first kappa shape index (κ1) is 19.4. The number of carbonyl (C=O) groups excluding carboxylic acids is 1. The van der Waals surface area contributed by atoms with Gasteiger partial charge in [-0.05, 0) is 55.0 Å². The predicted molar refractivity (Wildman–Crippen MR) is 109 cm³/mol. The Morgan fingerprint density at radius 3 is 2.52 bits per heavy atom. The van der Waals surface area contributed by atoms with E-state index < -0.39 is 11.6 Å². The average Bonchev–Trinajstić information content (AvgIpc) is 3.09. The molecule has 4 rings (SSSR count). The molecule has 3 aromatic carbocycles. The fourth-order valence-corrected chi connectivity index (χ4v) is 3.16. The molecule has 0 aliphatic rings. The van der Waals surface area contributed by atoms with E-state index in [-0.39, 0.29) is 22.4 Å². The number of fused-ring (bicyclic) bond motifs is 1. The van der Waals surface area contributed by atoms with E-state index in [2.05, 4.69) is 10.3 Å². The van der Waals surface area contributed by atoms with E-state index in [0.29, 0.717) is 27.4 Å². The lowest BCUT2D eigenvalue weighted by Gasteiger charge is -2.06. The molecular weight excluding hydrogens is 421 g/mol. The number of aryl methyl sites for hydroxylation is 1. The van der Waals surface area contributed by atoms with Gasteiger partial charge in [-0.15, -0.1) is 0 Å². The van der Waals surface area contributed by atoms with Gasteiger partial charge >= 0.3 is 0 Å². The highest BCUT2D eigenvalue weighted by Gasteiger charge is 2.16. The van der Waals surface area contributed by atoms with E-state index in [1.165, 1.54) is 0 Å². The summed E-state index contributed by atoms with van der Waals surface area (Å²) in [6, 6.07) is 11.7. The summed E-state index contributed by atoms with van der Waals surface area (Å²) in [5, 5.41) is 3.23. The molecule has 4 aromatic rings. The number of hydrogen-bond donors (Lipinski definition) is 1. The first-order valence-electron chi connectivity index (χ1n) is 8.45. The van der Waals surface area contributed by atoms with Crippen LogP contribution in [-0.2, 0) is 0 Å². The Hall–Kier alpha value is -2.96. The molecule has 1 aromatic heterocycles. The molecule has 29 heavy (non-hydrogen) atoms. The highest BCUT2D eigenvalue weighted by molar-refractivity contribution is 6.33. The molecule has 8 heteroatoms. The van der Waals surface area contributed by atoms with Crippen LogP contribution in [0, 0.1) is 18.6 Å². The van der Waals surface area contributed by atoms with Crippen molar-refractivity contribution in [2.45, 2.75) is 6.92 Å². The molecule has 1 heterocycles. The minimum Gasteiger partial charge on any atom is -0.436 e. The van der Waals surface area contributed by atoms with Gasteiger partial charge in [0.05, 0.1) is 10.6 Å². The van der Waals surface area contributed by atoms with Crippen molar-refractivity contribution in [3.63, 3.8) is 0 Å². The van der Waals surface area contributed by atoms with Gasteiger partial charge in [-0.25, -0.2) is 13.8 Å². The van der Waals surface area contributed by atoms with Crippen molar-refractivity contribution in [1.29, 1.82) is 0 Å². The minimum atomic E-state index is -1.06. The monoisotopic (exact) mass is 432 g/mol. The van der Waals surface area contributed by atoms with Gasteiger partial charge in [0, 0.05) is 16.3 Å². The van der Waals surface area contributed by atoms with Crippen LogP contribution in [0.15, 0.2) is 52.9 Å². The van der Waals surface area contributed by atoms with E-state index in [9.17, 15) is 13.6 Å². The molecule has 0 radical (unpaired) electrons. The number of anilines is 1. The zero-order valence-corrected chi connectivity index (χ0v) is 16.4. The number of aromatic nitrogens is 1. The molecular formula is C21H12Cl2F2N2O2. The molecule has 0 spiro atoms. The Morgan fingerprint density at radius 1 is 1.00 bits per heavy atom. The first-order chi connectivity index (χ1) is 13.8. The smallest absolute Gasteiger partial charge is 0.255 e. The van der Waals surface area contributed by atoms with Crippen LogP contribution in [-0.4, -0.2) is 10.9 Å². The van der Waals surface area contributed by atoms with Crippen LogP contribution in [0.1, 0.15) is 15.9 Å². The minimum absolute atomic E-state index is 0.0276. The average molecular weight is 433 g/mol. The third-order valence-corrected chi connectivity index (χ3v) is 5.04. The van der Waals surface area contributed by atoms with E-state index in [4.69, 9.17) is 27.6 Å². The summed E-state index contributed by atoms with van der Waals surface area (Å²) in [4.78, 5) is 16.7. The second kappa shape index (κ2) is 7.46. The Kier molecular flexibility index (Phi) is 4.98. The van der Waals surface area contributed by atoms with E-state index in [0.717, 1.165) is 17.7 Å². The number of oxazole rings is 1. The van der Waals surface area contributed by atoms with Crippen LogP contribution in [0.4, 0.5) is 14.5 Å². The summed E-state index contributed by atoms with van der Waals surface area (Å²) >= 11 is 12.1. The summed E-state index contributed by atoms with van der Waals surface area (Å²) < 4.78 is 32.4. The zero-order valence-electron chi connectivity index (χ0n) is 14.9. The van der Waals surface area contributed by atoms with Crippen LogP contribution < -0.4 is 5.32 Å². The lowest BCUT2D eigenvalue weighted by molar-refractivity contribution is 0.102. The van der Waals surface area contributed by atoms with Crippen molar-refractivity contribution in [2.75, 3.05) is 5.32 Å². The highest BCUT2D eigenvalue weighted by Crippen LogP contribution is 2.32. The Bertz CT molecular complexity index is 1270. The topological polar surface area (TPSA) is 55.1 Å². The summed E-state index contributed by atoms with van der Waals surface area (Å²) in [6.07, 6.45) is 0. The van der Waals surface area contributed by atoms with Crippen LogP contribution >= 0.6 is 23.2 Å². The van der Waals surface area contributed by atoms with Crippen molar-refractivity contribution >= 4 is 45.9 Å². The second-order valence-electron chi connectivity index (χ2n) is 6.37. The molecule has 0 atom stereocenters. The number of nitrogens with one attached hydrogen (secondary N) is 1. The van der Waals surface area contributed by atoms with E-state index in [1.807, 2.05) is 6.92 Å². The summed E-state index contributed by atoms with van der Waals surface area (Å²) in [5.74, 6) is -2.41. The van der Waals surface area contributed by atoms with Crippen molar-refractivity contribution < 1.29 is 18.0 Å². The molecule has 0 aliphatic heterocycles. The first-order valence-corrected chi connectivity index (χ1v) is 9.20. The van der Waals surface area contributed by atoms with Gasteiger partial charge in [-0.1, -0.05) is 29.3 Å². The summed E-state index contributed by atoms with van der Waals surface area (Å²) in [7, 11) is 0. The molecule has 4 nitrogen and oxygen atoms in total. The standard InChI is InChI=1S/C21H12Cl2F2N2O2/c1-10-2-3-11(6-14(10)22)20(28)26-12-4-5-19-18(7-12)27-21(29-19)13-8-16(24)17(25)9-15(13)23/h2-9H,1H3,(H,26,28). The van der Waals surface area contributed by atoms with Crippen molar-refractivity contribution in [3.8, 4) is 11.5 Å². The molecule has 0 saturated carbocycles. The molecule has 0 unspecified atom stereocenters. The Labute approximate surface area is 174 Å². The van der Waals surface area contributed by atoms with Crippen molar-refractivity contribution in [2.24, 2.45) is 0 Å². The fraction of sp³-hybridized carbons (Fsp3) is 0.0476. The number of rotatable bonds is 3. The van der Waals surface area contributed by atoms with Gasteiger partial charge in [0.25, 0.3) is 5.91 Å². The van der Waals surface area contributed by atoms with Crippen LogP contribution in [0.2, 0.25) is 10.0 Å². The third kappa shape index (κ3) is 3.81. The highest BCUT2D eigenvalue weighted by atomic mass is 35.5. The third-order valence-electron chi connectivity index (χ3n) is 4.32. The molecule has 1 N–H and O–H groups in total. The summed E-state index contributed by atoms with van der Waals surface area (Å²) in [6.45, 7) is 1.85. The van der Waals surface area contributed by atoms with Crippen molar-refractivity contribution in [3.05, 3.63) is 81.3 Å². The van der Waals surface area contributed by atoms with Crippen LogP contribution in [0.5, 0.6) is 0 Å². The fourth-order valence-electron chi connectivity index (χ4n) is 2.74. The van der Waals surface area contributed by atoms with Gasteiger partial charge < -0.3 is 9.73 Å². The lowest BCUT2D eigenvalue weighted by Crippen LogP contribution is -2.11. The van der Waals surface area contributed by atoms with E-state index in [1.54, 1.807) is 36.4 Å².